The Balaban J connectivity index is 0.000000433. The molecule has 0 aliphatic carbocycles. The summed E-state index contributed by atoms with van der Waals surface area (Å²) in [6.07, 6.45) is 16.6. The first-order chi connectivity index (χ1) is 10.4. The largest absolute Gasteiger partial charge is 0.268 e. The topological polar surface area (TPSA) is 12.4 Å². The lowest BCUT2D eigenvalue weighted by Crippen LogP contribution is -2.12. The number of rotatable bonds is 7. The molecule has 0 aromatic carbocycles. The zero-order valence-corrected chi connectivity index (χ0v) is 16.2. The van der Waals surface area contributed by atoms with Crippen LogP contribution in [0.3, 0.4) is 0 Å². The molecule has 2 atom stereocenters. The standard InChI is InChI=1S/C12H19N.C9H20/c1-5-12(4)7-6-11(10(2)3)8-13-9-12;1-4-6-7-8-9(3)5-2/h6-10H,5H2,1-4H3;9H,4-8H2,1-3H3. The number of hydrogen-bond acceptors (Lipinski definition) is 1. The Kier molecular flexibility index (Phi) is 11.2. The maximum atomic E-state index is 4.35. The Hall–Kier alpha value is -0.850. The molecule has 128 valence electrons. The molecule has 0 amide bonds. The first kappa shape index (κ1) is 21.1. The lowest BCUT2D eigenvalue weighted by Gasteiger charge is -2.16. The molecule has 0 spiro atoms. The Labute approximate surface area is 140 Å². The lowest BCUT2D eigenvalue weighted by atomic mass is 9.88. The molecule has 0 fully saturated rings. The van der Waals surface area contributed by atoms with Crippen molar-refractivity contribution in [1.82, 2.24) is 0 Å². The van der Waals surface area contributed by atoms with Gasteiger partial charge in [-0.25, -0.2) is 0 Å². The summed E-state index contributed by atoms with van der Waals surface area (Å²) in [5.74, 6) is 1.52. The third-order valence-corrected chi connectivity index (χ3v) is 4.68. The fourth-order valence-corrected chi connectivity index (χ4v) is 2.16. The van der Waals surface area contributed by atoms with Gasteiger partial charge in [-0.15, -0.1) is 0 Å². The second-order valence-electron chi connectivity index (χ2n) is 7.26. The van der Waals surface area contributed by atoms with Gasteiger partial charge in [-0.05, 0) is 23.8 Å². The van der Waals surface area contributed by atoms with Crippen LogP contribution in [0.2, 0.25) is 0 Å². The molecule has 1 heteroatoms. The molecule has 0 bridgehead atoms. The summed E-state index contributed by atoms with van der Waals surface area (Å²) in [6.45, 7) is 15.7. The maximum absolute atomic E-state index is 4.35. The van der Waals surface area contributed by atoms with E-state index < -0.39 is 0 Å². The van der Waals surface area contributed by atoms with Crippen LogP contribution < -0.4 is 0 Å². The van der Waals surface area contributed by atoms with Crippen LogP contribution in [0.15, 0.2) is 28.9 Å². The minimum absolute atomic E-state index is 0.146. The van der Waals surface area contributed by atoms with Crippen molar-refractivity contribution < 1.29 is 0 Å². The van der Waals surface area contributed by atoms with Crippen molar-refractivity contribution in [2.45, 2.75) is 87.0 Å². The highest BCUT2D eigenvalue weighted by atomic mass is 14.7. The Morgan fingerprint density at radius 3 is 2.27 bits per heavy atom. The summed E-state index contributed by atoms with van der Waals surface area (Å²) in [5, 5.41) is 0. The van der Waals surface area contributed by atoms with Gasteiger partial charge < -0.3 is 0 Å². The van der Waals surface area contributed by atoms with Gasteiger partial charge in [0.15, 0.2) is 0 Å². The smallest absolute Gasteiger partial charge is 0.0298 e. The van der Waals surface area contributed by atoms with Crippen LogP contribution in [0.25, 0.3) is 0 Å². The van der Waals surface area contributed by atoms with Crippen LogP contribution in [0.5, 0.6) is 0 Å². The van der Waals surface area contributed by atoms with Crippen LogP contribution in [-0.2, 0) is 0 Å². The number of allylic oxidation sites excluding steroid dienone is 3. The van der Waals surface area contributed by atoms with E-state index in [-0.39, 0.29) is 5.41 Å². The van der Waals surface area contributed by atoms with Crippen molar-refractivity contribution in [1.29, 1.82) is 0 Å². The van der Waals surface area contributed by atoms with Crippen LogP contribution in [-0.4, -0.2) is 6.21 Å². The van der Waals surface area contributed by atoms with Crippen molar-refractivity contribution in [3.8, 4) is 0 Å². The molecule has 1 aliphatic heterocycles. The number of hydrogen-bond donors (Lipinski definition) is 0. The van der Waals surface area contributed by atoms with E-state index in [0.29, 0.717) is 5.92 Å². The molecular weight excluding hydrogens is 266 g/mol. The van der Waals surface area contributed by atoms with E-state index in [4.69, 9.17) is 0 Å². The first-order valence-electron chi connectivity index (χ1n) is 9.32. The van der Waals surface area contributed by atoms with Gasteiger partial charge in [-0.1, -0.05) is 92.7 Å². The van der Waals surface area contributed by atoms with Gasteiger partial charge in [0.1, 0.15) is 0 Å². The molecule has 0 radical (unpaired) electrons. The average Bonchev–Trinajstić information content (AvgIpc) is 2.70. The zero-order chi connectivity index (χ0) is 17.0. The highest BCUT2D eigenvalue weighted by molar-refractivity contribution is 5.69. The van der Waals surface area contributed by atoms with Crippen LogP contribution in [0.4, 0.5) is 0 Å². The van der Waals surface area contributed by atoms with E-state index in [1.165, 1.54) is 37.7 Å². The molecule has 0 saturated heterocycles. The zero-order valence-electron chi connectivity index (χ0n) is 16.2. The molecule has 0 aromatic heterocycles. The SMILES string of the molecule is CCC1(C)C=CC(C(C)C)=CN=C1.CCCCCC(C)CC. The molecule has 0 N–H and O–H groups in total. The summed E-state index contributed by atoms with van der Waals surface area (Å²) >= 11 is 0. The molecule has 22 heavy (non-hydrogen) atoms. The number of unbranched alkanes of at least 4 members (excludes halogenated alkanes) is 2. The van der Waals surface area contributed by atoms with Gasteiger partial charge in [0.2, 0.25) is 0 Å². The molecular formula is C21H39N. The van der Waals surface area contributed by atoms with Crippen molar-refractivity contribution >= 4 is 6.21 Å². The first-order valence-corrected chi connectivity index (χ1v) is 9.32. The quantitative estimate of drug-likeness (QED) is 0.441. The van der Waals surface area contributed by atoms with Gasteiger partial charge in [0.25, 0.3) is 0 Å². The van der Waals surface area contributed by atoms with Crippen LogP contribution >= 0.6 is 0 Å². The minimum atomic E-state index is 0.146. The fraction of sp³-hybridized carbons (Fsp3) is 0.762. The highest BCUT2D eigenvalue weighted by Gasteiger charge is 2.16. The Morgan fingerprint density at radius 2 is 1.77 bits per heavy atom. The predicted molar refractivity (Wildman–Crippen MR) is 103 cm³/mol. The summed E-state index contributed by atoms with van der Waals surface area (Å²) in [7, 11) is 0. The van der Waals surface area contributed by atoms with E-state index in [1.807, 2.05) is 12.4 Å². The van der Waals surface area contributed by atoms with Gasteiger partial charge in [-0.2, -0.15) is 0 Å². The summed E-state index contributed by atoms with van der Waals surface area (Å²) in [4.78, 5) is 4.35. The second-order valence-corrected chi connectivity index (χ2v) is 7.26. The third kappa shape index (κ3) is 9.23. The third-order valence-electron chi connectivity index (χ3n) is 4.68. The lowest BCUT2D eigenvalue weighted by molar-refractivity contribution is 0.482. The molecule has 1 heterocycles. The van der Waals surface area contributed by atoms with Gasteiger partial charge in [0.05, 0.1) is 0 Å². The van der Waals surface area contributed by atoms with E-state index in [0.717, 1.165) is 12.3 Å². The molecule has 1 nitrogen and oxygen atoms in total. The Bertz CT molecular complexity index is 362. The van der Waals surface area contributed by atoms with Crippen molar-refractivity contribution in [3.05, 3.63) is 23.9 Å². The van der Waals surface area contributed by atoms with Crippen LogP contribution in [0, 0.1) is 17.3 Å². The molecule has 1 aliphatic rings. The summed E-state index contributed by atoms with van der Waals surface area (Å²) in [6, 6.07) is 0. The maximum Gasteiger partial charge on any atom is 0.0298 e. The van der Waals surface area contributed by atoms with Crippen LogP contribution in [0.1, 0.15) is 87.0 Å². The molecule has 0 saturated carbocycles. The van der Waals surface area contributed by atoms with Crippen molar-refractivity contribution in [3.63, 3.8) is 0 Å². The summed E-state index contributed by atoms with van der Waals surface area (Å²) < 4.78 is 0. The van der Waals surface area contributed by atoms with E-state index >= 15 is 0 Å². The number of nitrogens with zero attached hydrogens (tertiary/aromatic N) is 1. The van der Waals surface area contributed by atoms with Crippen molar-refractivity contribution in [2.24, 2.45) is 22.2 Å². The van der Waals surface area contributed by atoms with Gasteiger partial charge in [0, 0.05) is 17.8 Å². The molecule has 2 unspecified atom stereocenters. The van der Waals surface area contributed by atoms with Crippen molar-refractivity contribution in [2.75, 3.05) is 0 Å². The monoisotopic (exact) mass is 305 g/mol. The Morgan fingerprint density at radius 1 is 1.09 bits per heavy atom. The minimum Gasteiger partial charge on any atom is -0.268 e. The normalized spacial score (nSPS) is 21.9. The van der Waals surface area contributed by atoms with Gasteiger partial charge >= 0.3 is 0 Å². The molecule has 1 rings (SSSR count). The number of aliphatic imine (C=N–C) groups is 1. The average molecular weight is 306 g/mol. The highest BCUT2D eigenvalue weighted by Crippen LogP contribution is 2.25. The van der Waals surface area contributed by atoms with E-state index in [2.05, 4.69) is 65.6 Å². The van der Waals surface area contributed by atoms with Gasteiger partial charge in [-0.3, -0.25) is 4.99 Å². The summed E-state index contributed by atoms with van der Waals surface area (Å²) in [5.41, 5.74) is 1.46. The predicted octanol–water partition coefficient (Wildman–Crippen LogP) is 7.20. The van der Waals surface area contributed by atoms with E-state index in [1.54, 1.807) is 0 Å². The molecule has 0 aromatic rings. The fourth-order valence-electron chi connectivity index (χ4n) is 2.16. The second kappa shape index (κ2) is 11.7. The van der Waals surface area contributed by atoms with E-state index in [9.17, 15) is 0 Å².